The maximum Gasteiger partial charge on any atom is 0.417 e. The number of halogens is 4. The third kappa shape index (κ3) is 3.82. The van der Waals surface area contributed by atoms with Crippen molar-refractivity contribution in [1.29, 1.82) is 0 Å². The highest BCUT2D eigenvalue weighted by Crippen LogP contribution is 2.37. The van der Waals surface area contributed by atoms with Crippen molar-refractivity contribution < 1.29 is 21.6 Å². The quantitative estimate of drug-likeness (QED) is 0.779. The molecule has 140 valence electrons. The van der Waals surface area contributed by atoms with Crippen LogP contribution in [0, 0.1) is 0 Å². The van der Waals surface area contributed by atoms with Gasteiger partial charge in [0.2, 0.25) is 10.0 Å². The van der Waals surface area contributed by atoms with Gasteiger partial charge in [-0.15, -0.1) is 0 Å². The Hall–Kier alpha value is -1.77. The number of hydrogen-bond acceptors (Lipinski definition) is 3. The molecule has 0 aliphatic carbocycles. The number of hydrogen-bond donors (Lipinski definition) is 0. The highest BCUT2D eigenvalue weighted by molar-refractivity contribution is 7.89. The molecule has 2 aromatic carbocycles. The maximum atomic E-state index is 13.2. The van der Waals surface area contributed by atoms with Crippen molar-refractivity contribution >= 4 is 27.3 Å². The Kier molecular flexibility index (Phi) is 5.18. The molecule has 0 bridgehead atoms. The normalized spacial score (nSPS) is 16.7. The van der Waals surface area contributed by atoms with Gasteiger partial charge in [0.1, 0.15) is 0 Å². The average molecular weight is 405 g/mol. The van der Waals surface area contributed by atoms with E-state index in [1.165, 1.54) is 0 Å². The number of anilines is 1. The van der Waals surface area contributed by atoms with Gasteiger partial charge >= 0.3 is 6.18 Å². The summed E-state index contributed by atoms with van der Waals surface area (Å²) in [7, 11) is -4.30. The second-order valence-corrected chi connectivity index (χ2v) is 8.21. The van der Waals surface area contributed by atoms with E-state index in [2.05, 4.69) is 0 Å². The average Bonchev–Trinajstić information content (AvgIpc) is 2.61. The largest absolute Gasteiger partial charge is 0.417 e. The smallest absolute Gasteiger partial charge is 0.369 e. The first-order valence-corrected chi connectivity index (χ1v) is 9.68. The van der Waals surface area contributed by atoms with Gasteiger partial charge in [-0.25, -0.2) is 8.42 Å². The number of piperazine rings is 1. The number of para-hydroxylation sites is 1. The molecule has 0 unspecified atom stereocenters. The summed E-state index contributed by atoms with van der Waals surface area (Å²) in [6, 6.07) is 12.0. The molecule has 0 radical (unpaired) electrons. The lowest BCUT2D eigenvalue weighted by atomic mass is 10.2. The molecule has 9 heteroatoms. The van der Waals surface area contributed by atoms with Crippen molar-refractivity contribution in [1.82, 2.24) is 4.31 Å². The first-order chi connectivity index (χ1) is 12.2. The predicted molar refractivity (Wildman–Crippen MR) is 93.9 cm³/mol. The minimum absolute atomic E-state index is 0.0560. The van der Waals surface area contributed by atoms with Crippen molar-refractivity contribution in [3.05, 3.63) is 59.1 Å². The van der Waals surface area contributed by atoms with Crippen molar-refractivity contribution in [2.45, 2.75) is 11.1 Å². The zero-order valence-corrected chi connectivity index (χ0v) is 15.2. The van der Waals surface area contributed by atoms with Crippen molar-refractivity contribution in [3.8, 4) is 0 Å². The van der Waals surface area contributed by atoms with Gasteiger partial charge in [-0.1, -0.05) is 29.8 Å². The van der Waals surface area contributed by atoms with Crippen LogP contribution in [0.15, 0.2) is 53.4 Å². The maximum absolute atomic E-state index is 13.2. The van der Waals surface area contributed by atoms with Gasteiger partial charge in [-0.3, -0.25) is 0 Å². The van der Waals surface area contributed by atoms with Crippen LogP contribution in [0.1, 0.15) is 5.56 Å². The zero-order valence-electron chi connectivity index (χ0n) is 13.6. The SMILES string of the molecule is O=S(=O)(c1cc(Cl)ccc1C(F)(F)F)N1CCN(c2ccccc2)CC1. The molecule has 0 spiro atoms. The molecule has 0 aromatic heterocycles. The molecule has 0 amide bonds. The highest BCUT2D eigenvalue weighted by atomic mass is 35.5. The van der Waals surface area contributed by atoms with E-state index in [1.807, 2.05) is 35.2 Å². The fraction of sp³-hybridized carbons (Fsp3) is 0.294. The van der Waals surface area contributed by atoms with Gasteiger partial charge in [0, 0.05) is 36.9 Å². The van der Waals surface area contributed by atoms with E-state index >= 15 is 0 Å². The van der Waals surface area contributed by atoms with Crippen LogP contribution in [0.4, 0.5) is 18.9 Å². The first kappa shape index (κ1) is 19.0. The van der Waals surface area contributed by atoms with Gasteiger partial charge in [-0.05, 0) is 30.3 Å². The molecule has 1 heterocycles. The summed E-state index contributed by atoms with van der Waals surface area (Å²) in [6.07, 6.45) is -4.78. The molecule has 26 heavy (non-hydrogen) atoms. The number of nitrogens with zero attached hydrogens (tertiary/aromatic N) is 2. The van der Waals surface area contributed by atoms with Crippen LogP contribution in [0.3, 0.4) is 0 Å². The first-order valence-electron chi connectivity index (χ1n) is 7.86. The molecular formula is C17H16ClF3N2O2S. The van der Waals surface area contributed by atoms with Gasteiger partial charge < -0.3 is 4.90 Å². The summed E-state index contributed by atoms with van der Waals surface area (Å²) in [5.41, 5.74) is -0.254. The Morgan fingerprint density at radius 3 is 2.12 bits per heavy atom. The van der Waals surface area contributed by atoms with Crippen LogP contribution < -0.4 is 4.90 Å². The van der Waals surface area contributed by atoms with Crippen molar-refractivity contribution in [2.75, 3.05) is 31.1 Å². The van der Waals surface area contributed by atoms with Gasteiger partial charge in [0.15, 0.2) is 0 Å². The van der Waals surface area contributed by atoms with Crippen molar-refractivity contribution in [2.24, 2.45) is 0 Å². The lowest BCUT2D eigenvalue weighted by Crippen LogP contribution is -2.48. The van der Waals surface area contributed by atoms with Crippen LogP contribution in [0.2, 0.25) is 5.02 Å². The number of alkyl halides is 3. The monoisotopic (exact) mass is 404 g/mol. The summed E-state index contributed by atoms with van der Waals surface area (Å²) < 4.78 is 66.4. The molecule has 0 saturated carbocycles. The van der Waals surface area contributed by atoms with Gasteiger partial charge in [0.25, 0.3) is 0 Å². The van der Waals surface area contributed by atoms with Gasteiger partial charge in [-0.2, -0.15) is 17.5 Å². The molecule has 3 rings (SSSR count). The zero-order chi connectivity index (χ0) is 18.9. The predicted octanol–water partition coefficient (Wildman–Crippen LogP) is 3.87. The molecule has 4 nitrogen and oxygen atoms in total. The van der Waals surface area contributed by atoms with E-state index in [-0.39, 0.29) is 18.1 Å². The Labute approximate surface area is 154 Å². The minimum Gasteiger partial charge on any atom is -0.369 e. The Morgan fingerprint density at radius 1 is 0.923 bits per heavy atom. The number of sulfonamides is 1. The summed E-state index contributed by atoms with van der Waals surface area (Å²) in [5.74, 6) is 0. The Bertz CT molecular complexity index is 881. The number of rotatable bonds is 3. The molecule has 2 aromatic rings. The Morgan fingerprint density at radius 2 is 1.54 bits per heavy atom. The van der Waals surface area contributed by atoms with E-state index in [0.717, 1.165) is 22.1 Å². The fourth-order valence-corrected chi connectivity index (χ4v) is 4.80. The summed E-state index contributed by atoms with van der Waals surface area (Å²) in [6.45, 7) is 0.985. The van der Waals surface area contributed by atoms with E-state index in [1.54, 1.807) is 0 Å². The lowest BCUT2D eigenvalue weighted by Gasteiger charge is -2.35. The molecular weight excluding hydrogens is 389 g/mol. The second-order valence-electron chi connectivity index (χ2n) is 5.86. The van der Waals surface area contributed by atoms with Crippen LogP contribution >= 0.6 is 11.6 Å². The summed E-state index contributed by atoms with van der Waals surface area (Å²) in [4.78, 5) is 1.19. The van der Waals surface area contributed by atoms with E-state index in [0.29, 0.717) is 19.2 Å². The third-order valence-electron chi connectivity index (χ3n) is 4.23. The van der Waals surface area contributed by atoms with Crippen LogP contribution in [-0.2, 0) is 16.2 Å². The molecule has 0 N–H and O–H groups in total. The molecule has 1 saturated heterocycles. The Balaban J connectivity index is 1.86. The topological polar surface area (TPSA) is 40.6 Å². The van der Waals surface area contributed by atoms with E-state index in [4.69, 9.17) is 11.6 Å². The summed E-state index contributed by atoms with van der Waals surface area (Å²) >= 11 is 5.76. The van der Waals surface area contributed by atoms with Crippen molar-refractivity contribution in [3.63, 3.8) is 0 Å². The molecule has 1 fully saturated rings. The third-order valence-corrected chi connectivity index (χ3v) is 6.40. The van der Waals surface area contributed by atoms with Gasteiger partial charge in [0.05, 0.1) is 10.5 Å². The summed E-state index contributed by atoms with van der Waals surface area (Å²) in [5, 5.41) is -0.0560. The standard InChI is InChI=1S/C17H16ClF3N2O2S/c18-13-6-7-15(17(19,20)21)16(12-13)26(24,25)23-10-8-22(9-11-23)14-4-2-1-3-5-14/h1-7,12H,8-11H2. The second kappa shape index (κ2) is 7.09. The number of benzene rings is 2. The lowest BCUT2D eigenvalue weighted by molar-refractivity contribution is -0.139. The molecule has 1 aliphatic heterocycles. The van der Waals surface area contributed by atoms with Crippen LogP contribution in [0.25, 0.3) is 0 Å². The highest BCUT2D eigenvalue weighted by Gasteiger charge is 2.39. The molecule has 1 aliphatic rings. The van der Waals surface area contributed by atoms with Crippen LogP contribution in [0.5, 0.6) is 0 Å². The fourth-order valence-electron chi connectivity index (χ4n) is 2.91. The van der Waals surface area contributed by atoms with E-state index in [9.17, 15) is 21.6 Å². The van der Waals surface area contributed by atoms with Crippen LogP contribution in [-0.4, -0.2) is 38.9 Å². The molecule has 0 atom stereocenters. The minimum atomic E-state index is -4.78. The van der Waals surface area contributed by atoms with E-state index < -0.39 is 26.7 Å².